The summed E-state index contributed by atoms with van der Waals surface area (Å²) in [6, 6.07) is 1.87. The lowest BCUT2D eigenvalue weighted by molar-refractivity contribution is 0.101. The molecule has 1 aromatic heterocycles. The van der Waals surface area contributed by atoms with Crippen LogP contribution < -0.4 is 10.6 Å². The minimum absolute atomic E-state index is 0.135. The Hall–Kier alpha value is -0.590. The van der Waals surface area contributed by atoms with Gasteiger partial charge in [0.05, 0.1) is 12.6 Å². The highest BCUT2D eigenvalue weighted by atomic mass is 79.9. The van der Waals surface area contributed by atoms with E-state index in [4.69, 9.17) is 0 Å². The van der Waals surface area contributed by atoms with Gasteiger partial charge in [-0.05, 0) is 47.2 Å². The highest BCUT2D eigenvalue weighted by Crippen LogP contribution is 2.23. The second-order valence-corrected chi connectivity index (χ2v) is 6.89. The van der Waals surface area contributed by atoms with Gasteiger partial charge in [0.15, 0.2) is 0 Å². The highest BCUT2D eigenvalue weighted by Gasteiger charge is 2.20. The van der Waals surface area contributed by atoms with Crippen LogP contribution in [-0.2, 0) is 6.54 Å². The molecule has 6 heteroatoms. The third kappa shape index (κ3) is 5.12. The molecule has 1 fully saturated rings. The molecule has 0 spiro atoms. The summed E-state index contributed by atoms with van der Waals surface area (Å²) in [5, 5.41) is 17.3. The van der Waals surface area contributed by atoms with E-state index in [1.54, 1.807) is 11.3 Å². The fourth-order valence-corrected chi connectivity index (χ4v) is 3.75. The van der Waals surface area contributed by atoms with E-state index in [-0.39, 0.29) is 12.1 Å². The molecule has 2 unspecified atom stereocenters. The molecule has 106 valence electrons. The molecule has 2 rings (SSSR count). The minimum Gasteiger partial charge on any atom is -0.393 e. The molecule has 3 N–H and O–H groups in total. The third-order valence-corrected chi connectivity index (χ3v) is 5.05. The number of hydrogen-bond donors (Lipinski definition) is 3. The fraction of sp³-hybridized carbons (Fsp3) is 0.615. The highest BCUT2D eigenvalue weighted by molar-refractivity contribution is 9.10. The van der Waals surface area contributed by atoms with Crippen LogP contribution in [0.1, 0.15) is 30.6 Å². The normalized spacial score (nSPS) is 23.1. The van der Waals surface area contributed by atoms with Crippen molar-refractivity contribution in [1.29, 1.82) is 0 Å². The number of hydrogen-bond acceptors (Lipinski definition) is 3. The van der Waals surface area contributed by atoms with Crippen molar-refractivity contribution in [2.75, 3.05) is 6.54 Å². The first-order valence-electron chi connectivity index (χ1n) is 6.56. The van der Waals surface area contributed by atoms with Gasteiger partial charge < -0.3 is 15.7 Å². The minimum atomic E-state index is -0.188. The van der Waals surface area contributed by atoms with E-state index >= 15 is 0 Å². The second kappa shape index (κ2) is 7.26. The summed E-state index contributed by atoms with van der Waals surface area (Å²) >= 11 is 5.00. The molecule has 19 heavy (non-hydrogen) atoms. The lowest BCUT2D eigenvalue weighted by Gasteiger charge is -2.25. The summed E-state index contributed by atoms with van der Waals surface area (Å²) in [6.07, 6.45) is 3.66. The smallest absolute Gasteiger partial charge is 0.315 e. The Morgan fingerprint density at radius 3 is 3.00 bits per heavy atom. The van der Waals surface area contributed by atoms with Crippen molar-refractivity contribution in [3.05, 3.63) is 20.8 Å². The van der Waals surface area contributed by atoms with Crippen LogP contribution in [0.5, 0.6) is 0 Å². The first-order chi connectivity index (χ1) is 9.13. The largest absolute Gasteiger partial charge is 0.393 e. The summed E-state index contributed by atoms with van der Waals surface area (Å²) in [5.41, 5.74) is 0. The average molecular weight is 347 g/mol. The van der Waals surface area contributed by atoms with Gasteiger partial charge in [-0.3, -0.25) is 0 Å². The van der Waals surface area contributed by atoms with Crippen LogP contribution in [0.25, 0.3) is 0 Å². The SMILES string of the molecule is O=C(NCc1cc(Br)cs1)NCC1CCCC(O)C1. The molecule has 4 nitrogen and oxygen atoms in total. The van der Waals surface area contributed by atoms with Crippen LogP contribution in [0.2, 0.25) is 0 Å². The van der Waals surface area contributed by atoms with Gasteiger partial charge in [-0.2, -0.15) is 0 Å². The summed E-state index contributed by atoms with van der Waals surface area (Å²) in [5.74, 6) is 0.408. The molecule has 0 bridgehead atoms. The van der Waals surface area contributed by atoms with Gasteiger partial charge in [0.25, 0.3) is 0 Å². The van der Waals surface area contributed by atoms with Gasteiger partial charge in [0.1, 0.15) is 0 Å². The van der Waals surface area contributed by atoms with Gasteiger partial charge in [-0.15, -0.1) is 11.3 Å². The molecule has 0 aromatic carbocycles. The number of carbonyl (C=O) groups is 1. The maximum absolute atomic E-state index is 11.7. The number of rotatable bonds is 4. The van der Waals surface area contributed by atoms with Crippen molar-refractivity contribution in [2.45, 2.75) is 38.3 Å². The predicted molar refractivity (Wildman–Crippen MR) is 80.2 cm³/mol. The number of aliphatic hydroxyl groups excluding tert-OH is 1. The van der Waals surface area contributed by atoms with Crippen LogP contribution in [-0.4, -0.2) is 23.8 Å². The Morgan fingerprint density at radius 1 is 1.47 bits per heavy atom. The molecule has 1 heterocycles. The van der Waals surface area contributed by atoms with Crippen LogP contribution in [0, 0.1) is 5.92 Å². The van der Waals surface area contributed by atoms with Crippen molar-refractivity contribution in [2.24, 2.45) is 5.92 Å². The molecule has 0 saturated heterocycles. The van der Waals surface area contributed by atoms with E-state index < -0.39 is 0 Å². The van der Waals surface area contributed by atoms with Crippen molar-refractivity contribution < 1.29 is 9.90 Å². The summed E-state index contributed by atoms with van der Waals surface area (Å²) < 4.78 is 1.05. The molecule has 2 amide bonds. The number of halogens is 1. The Kier molecular flexibility index (Phi) is 5.66. The van der Waals surface area contributed by atoms with E-state index in [2.05, 4.69) is 26.6 Å². The number of nitrogens with one attached hydrogen (secondary N) is 2. The average Bonchev–Trinajstić information content (AvgIpc) is 2.80. The van der Waals surface area contributed by atoms with E-state index in [0.717, 1.165) is 35.0 Å². The van der Waals surface area contributed by atoms with Gasteiger partial charge in [-0.25, -0.2) is 4.79 Å². The number of carbonyl (C=O) groups excluding carboxylic acids is 1. The second-order valence-electron chi connectivity index (χ2n) is 4.98. The summed E-state index contributed by atoms with van der Waals surface area (Å²) in [6.45, 7) is 1.20. The van der Waals surface area contributed by atoms with Crippen molar-refractivity contribution in [1.82, 2.24) is 10.6 Å². The van der Waals surface area contributed by atoms with Crippen molar-refractivity contribution >= 4 is 33.3 Å². The van der Waals surface area contributed by atoms with E-state index in [0.29, 0.717) is 19.0 Å². The van der Waals surface area contributed by atoms with Crippen molar-refractivity contribution in [3.8, 4) is 0 Å². The van der Waals surface area contributed by atoms with Crippen LogP contribution in [0.4, 0.5) is 4.79 Å². The van der Waals surface area contributed by atoms with E-state index in [1.807, 2.05) is 11.4 Å². The van der Waals surface area contributed by atoms with Gasteiger partial charge in [0, 0.05) is 21.3 Å². The summed E-state index contributed by atoms with van der Waals surface area (Å²) in [7, 11) is 0. The van der Waals surface area contributed by atoms with Gasteiger partial charge in [-0.1, -0.05) is 6.42 Å². The Balaban J connectivity index is 1.64. The monoisotopic (exact) mass is 346 g/mol. The zero-order valence-electron chi connectivity index (χ0n) is 10.7. The van der Waals surface area contributed by atoms with Crippen LogP contribution in [0.3, 0.4) is 0 Å². The Morgan fingerprint density at radius 2 is 2.32 bits per heavy atom. The van der Waals surface area contributed by atoms with Crippen LogP contribution >= 0.6 is 27.3 Å². The number of urea groups is 1. The lowest BCUT2D eigenvalue weighted by atomic mass is 9.87. The first kappa shape index (κ1) is 14.8. The summed E-state index contributed by atoms with van der Waals surface area (Å²) in [4.78, 5) is 12.8. The maximum atomic E-state index is 11.7. The molecule has 1 aliphatic carbocycles. The quantitative estimate of drug-likeness (QED) is 0.784. The number of amides is 2. The van der Waals surface area contributed by atoms with Gasteiger partial charge >= 0.3 is 6.03 Å². The number of aliphatic hydroxyl groups is 1. The maximum Gasteiger partial charge on any atom is 0.315 e. The van der Waals surface area contributed by atoms with Crippen molar-refractivity contribution in [3.63, 3.8) is 0 Å². The molecular formula is C13H19BrN2O2S. The van der Waals surface area contributed by atoms with Crippen LogP contribution in [0.15, 0.2) is 15.9 Å². The number of thiophene rings is 1. The standard InChI is InChI=1S/C13H19BrN2O2S/c14-10-5-12(19-8-10)7-16-13(18)15-6-9-2-1-3-11(17)4-9/h5,8-9,11,17H,1-4,6-7H2,(H2,15,16,18). The topological polar surface area (TPSA) is 61.4 Å². The molecule has 1 aromatic rings. The zero-order chi connectivity index (χ0) is 13.7. The Bertz CT molecular complexity index is 425. The molecule has 0 radical (unpaired) electrons. The zero-order valence-corrected chi connectivity index (χ0v) is 13.1. The first-order valence-corrected chi connectivity index (χ1v) is 8.23. The lowest BCUT2D eigenvalue weighted by Crippen LogP contribution is -2.39. The van der Waals surface area contributed by atoms with Gasteiger partial charge in [0.2, 0.25) is 0 Å². The molecule has 2 atom stereocenters. The predicted octanol–water partition coefficient (Wildman–Crippen LogP) is 2.86. The third-order valence-electron chi connectivity index (χ3n) is 3.35. The molecule has 1 aliphatic rings. The molecule has 1 saturated carbocycles. The van der Waals surface area contributed by atoms with E-state index in [9.17, 15) is 9.90 Å². The van der Waals surface area contributed by atoms with E-state index in [1.165, 1.54) is 0 Å². The molecular weight excluding hydrogens is 328 g/mol. The Labute approximate surface area is 125 Å². The molecule has 0 aliphatic heterocycles. The fourth-order valence-electron chi connectivity index (χ4n) is 2.36.